The molecule has 0 aromatic heterocycles. The molecular weight excluding hydrogens is 294 g/mol. The molecular formula is C17H17N3O3. The quantitative estimate of drug-likeness (QED) is 0.823. The molecule has 2 aliphatic rings. The standard InChI is InChI=1S/C17H17N3O3/c18-8-7-14(10-3-1-4-11(21)9-10)20-16(22)12-5-2-6-13(19)15(12)17(20)23/h1,3-4,9,13-14,21H,2,5-7,19H2. The van der Waals surface area contributed by atoms with Gasteiger partial charge in [0, 0.05) is 17.2 Å². The summed E-state index contributed by atoms with van der Waals surface area (Å²) in [5.74, 6) is -0.733. The Bertz CT molecular complexity index is 748. The molecule has 1 heterocycles. The summed E-state index contributed by atoms with van der Waals surface area (Å²) in [4.78, 5) is 26.6. The van der Waals surface area contributed by atoms with Crippen LogP contribution < -0.4 is 5.73 Å². The van der Waals surface area contributed by atoms with E-state index in [1.807, 2.05) is 6.07 Å². The van der Waals surface area contributed by atoms with Gasteiger partial charge < -0.3 is 10.8 Å². The molecule has 0 spiro atoms. The number of imide groups is 1. The zero-order chi connectivity index (χ0) is 16.6. The van der Waals surface area contributed by atoms with Crippen LogP contribution in [0.25, 0.3) is 0 Å². The van der Waals surface area contributed by atoms with E-state index in [0.29, 0.717) is 29.6 Å². The topological polar surface area (TPSA) is 107 Å². The zero-order valence-corrected chi connectivity index (χ0v) is 12.5. The molecule has 1 aliphatic heterocycles. The van der Waals surface area contributed by atoms with Crippen molar-refractivity contribution in [1.29, 1.82) is 5.26 Å². The summed E-state index contributed by atoms with van der Waals surface area (Å²) in [7, 11) is 0. The highest BCUT2D eigenvalue weighted by molar-refractivity contribution is 6.20. The number of phenolic OH excluding ortho intramolecular Hbond substituents is 1. The van der Waals surface area contributed by atoms with E-state index in [1.165, 1.54) is 12.1 Å². The number of rotatable bonds is 3. The summed E-state index contributed by atoms with van der Waals surface area (Å²) < 4.78 is 0. The molecule has 118 valence electrons. The lowest BCUT2D eigenvalue weighted by Crippen LogP contribution is -2.37. The Balaban J connectivity index is 2.01. The van der Waals surface area contributed by atoms with E-state index >= 15 is 0 Å². The predicted octanol–water partition coefficient (Wildman–Crippen LogP) is 1.52. The van der Waals surface area contributed by atoms with Gasteiger partial charge >= 0.3 is 0 Å². The molecule has 3 N–H and O–H groups in total. The molecule has 0 saturated carbocycles. The van der Waals surface area contributed by atoms with Crippen molar-refractivity contribution in [2.75, 3.05) is 0 Å². The number of carbonyl (C=O) groups is 2. The Kier molecular flexibility index (Phi) is 3.89. The third-order valence-corrected chi connectivity index (χ3v) is 4.42. The van der Waals surface area contributed by atoms with Gasteiger partial charge in [0.25, 0.3) is 11.8 Å². The average molecular weight is 311 g/mol. The first-order valence-corrected chi connectivity index (χ1v) is 7.57. The molecule has 1 aromatic rings. The second-order valence-electron chi connectivity index (χ2n) is 5.84. The third-order valence-electron chi connectivity index (χ3n) is 4.42. The average Bonchev–Trinajstić information content (AvgIpc) is 2.78. The summed E-state index contributed by atoms with van der Waals surface area (Å²) in [5.41, 5.74) is 7.44. The SMILES string of the molecule is N#CCC(c1cccc(O)c1)N1C(=O)C2=C(C1=O)C(N)CCC2. The molecule has 3 rings (SSSR count). The lowest BCUT2D eigenvalue weighted by Gasteiger charge is -2.25. The van der Waals surface area contributed by atoms with Crippen LogP contribution in [0, 0.1) is 11.3 Å². The summed E-state index contributed by atoms with van der Waals surface area (Å²) in [6.07, 6.45) is 1.97. The molecule has 23 heavy (non-hydrogen) atoms. The molecule has 1 aromatic carbocycles. The van der Waals surface area contributed by atoms with E-state index in [-0.39, 0.29) is 18.1 Å². The van der Waals surface area contributed by atoms with Gasteiger partial charge in [-0.25, -0.2) is 0 Å². The van der Waals surface area contributed by atoms with Gasteiger partial charge in [-0.1, -0.05) is 12.1 Å². The summed E-state index contributed by atoms with van der Waals surface area (Å²) in [5, 5.41) is 18.8. The Morgan fingerprint density at radius 1 is 1.39 bits per heavy atom. The third kappa shape index (κ3) is 2.49. The fourth-order valence-corrected chi connectivity index (χ4v) is 3.34. The maximum Gasteiger partial charge on any atom is 0.259 e. The first-order chi connectivity index (χ1) is 11.0. The molecule has 6 nitrogen and oxygen atoms in total. The number of nitrogens with zero attached hydrogens (tertiary/aromatic N) is 2. The largest absolute Gasteiger partial charge is 0.508 e. The fraction of sp³-hybridized carbons (Fsp3) is 0.353. The lowest BCUT2D eigenvalue weighted by atomic mass is 9.89. The number of aromatic hydroxyl groups is 1. The van der Waals surface area contributed by atoms with Gasteiger partial charge in [-0.2, -0.15) is 5.26 Å². The van der Waals surface area contributed by atoms with Crippen LogP contribution in [0.3, 0.4) is 0 Å². The van der Waals surface area contributed by atoms with E-state index in [2.05, 4.69) is 0 Å². The number of phenols is 1. The summed E-state index contributed by atoms with van der Waals surface area (Å²) in [6, 6.07) is 7.17. The highest BCUT2D eigenvalue weighted by Gasteiger charge is 2.45. The smallest absolute Gasteiger partial charge is 0.259 e. The van der Waals surface area contributed by atoms with Gasteiger partial charge in [0.05, 0.1) is 18.5 Å². The summed E-state index contributed by atoms with van der Waals surface area (Å²) >= 11 is 0. The van der Waals surface area contributed by atoms with E-state index < -0.39 is 18.0 Å². The van der Waals surface area contributed by atoms with Crippen LogP contribution in [-0.2, 0) is 9.59 Å². The number of carbonyl (C=O) groups excluding carboxylic acids is 2. The van der Waals surface area contributed by atoms with E-state index in [1.54, 1.807) is 12.1 Å². The molecule has 0 saturated heterocycles. The number of nitriles is 1. The maximum absolute atomic E-state index is 12.7. The van der Waals surface area contributed by atoms with Crippen molar-refractivity contribution in [3.05, 3.63) is 41.0 Å². The Labute approximate surface area is 133 Å². The predicted molar refractivity (Wildman–Crippen MR) is 81.8 cm³/mol. The van der Waals surface area contributed by atoms with Crippen LogP contribution >= 0.6 is 0 Å². The molecule has 6 heteroatoms. The first-order valence-electron chi connectivity index (χ1n) is 7.57. The van der Waals surface area contributed by atoms with E-state index in [4.69, 9.17) is 11.0 Å². The van der Waals surface area contributed by atoms with Gasteiger partial charge in [-0.15, -0.1) is 0 Å². The minimum atomic E-state index is -0.718. The molecule has 0 fully saturated rings. The van der Waals surface area contributed by atoms with Gasteiger partial charge in [0.15, 0.2) is 0 Å². The van der Waals surface area contributed by atoms with Crippen LogP contribution in [0.2, 0.25) is 0 Å². The van der Waals surface area contributed by atoms with Crippen LogP contribution in [0.5, 0.6) is 5.75 Å². The monoisotopic (exact) mass is 311 g/mol. The minimum Gasteiger partial charge on any atom is -0.508 e. The molecule has 0 radical (unpaired) electrons. The van der Waals surface area contributed by atoms with E-state index in [9.17, 15) is 14.7 Å². The second-order valence-corrected chi connectivity index (χ2v) is 5.84. The molecule has 2 unspecified atom stereocenters. The van der Waals surface area contributed by atoms with Crippen molar-refractivity contribution in [3.8, 4) is 11.8 Å². The molecule has 2 atom stereocenters. The lowest BCUT2D eigenvalue weighted by molar-refractivity contribution is -0.140. The van der Waals surface area contributed by atoms with Crippen molar-refractivity contribution in [2.45, 2.75) is 37.8 Å². The Morgan fingerprint density at radius 3 is 2.83 bits per heavy atom. The number of amides is 2. The van der Waals surface area contributed by atoms with Crippen molar-refractivity contribution < 1.29 is 14.7 Å². The van der Waals surface area contributed by atoms with Crippen molar-refractivity contribution in [3.63, 3.8) is 0 Å². The number of hydrogen-bond donors (Lipinski definition) is 2. The Morgan fingerprint density at radius 2 is 2.17 bits per heavy atom. The van der Waals surface area contributed by atoms with Crippen LogP contribution in [-0.4, -0.2) is 27.9 Å². The molecule has 1 aliphatic carbocycles. The van der Waals surface area contributed by atoms with Crippen LogP contribution in [0.15, 0.2) is 35.4 Å². The molecule has 0 bridgehead atoms. The van der Waals surface area contributed by atoms with Gasteiger partial charge in [-0.3, -0.25) is 14.5 Å². The number of nitrogens with two attached hydrogens (primary N) is 1. The first kappa shape index (κ1) is 15.3. The maximum atomic E-state index is 12.7. The Hall–Kier alpha value is -2.65. The highest BCUT2D eigenvalue weighted by Crippen LogP contribution is 2.38. The fourth-order valence-electron chi connectivity index (χ4n) is 3.34. The van der Waals surface area contributed by atoms with Crippen molar-refractivity contribution >= 4 is 11.8 Å². The van der Waals surface area contributed by atoms with Crippen LogP contribution in [0.4, 0.5) is 0 Å². The van der Waals surface area contributed by atoms with Crippen molar-refractivity contribution in [1.82, 2.24) is 4.90 Å². The normalized spacial score (nSPS) is 22.1. The zero-order valence-electron chi connectivity index (χ0n) is 12.5. The van der Waals surface area contributed by atoms with Gasteiger partial charge in [0.1, 0.15) is 5.75 Å². The number of hydrogen-bond acceptors (Lipinski definition) is 5. The van der Waals surface area contributed by atoms with E-state index in [0.717, 1.165) is 11.3 Å². The van der Waals surface area contributed by atoms with Gasteiger partial charge in [0.2, 0.25) is 0 Å². The number of benzene rings is 1. The van der Waals surface area contributed by atoms with Crippen LogP contribution in [0.1, 0.15) is 37.3 Å². The second kappa shape index (κ2) is 5.86. The van der Waals surface area contributed by atoms with Gasteiger partial charge in [-0.05, 0) is 37.0 Å². The molecule has 2 amide bonds. The van der Waals surface area contributed by atoms with Crippen molar-refractivity contribution in [2.24, 2.45) is 5.73 Å². The summed E-state index contributed by atoms with van der Waals surface area (Å²) in [6.45, 7) is 0. The minimum absolute atomic E-state index is 0.0268. The highest BCUT2D eigenvalue weighted by atomic mass is 16.3.